The van der Waals surface area contributed by atoms with Crippen molar-refractivity contribution in [1.82, 2.24) is 19.8 Å². The Balaban J connectivity index is 1.31. The fourth-order valence-corrected chi connectivity index (χ4v) is 3.94. The maximum absolute atomic E-state index is 12.9. The van der Waals surface area contributed by atoms with Crippen LogP contribution in [0.15, 0.2) is 36.9 Å². The molecule has 2 saturated heterocycles. The van der Waals surface area contributed by atoms with Gasteiger partial charge >= 0.3 is 0 Å². The first-order valence-electron chi connectivity index (χ1n) is 9.82. The van der Waals surface area contributed by atoms with Gasteiger partial charge in [-0.15, -0.1) is 10.2 Å². The van der Waals surface area contributed by atoms with Crippen molar-refractivity contribution in [3.63, 3.8) is 0 Å². The van der Waals surface area contributed by atoms with Crippen molar-refractivity contribution in [2.75, 3.05) is 30.0 Å². The lowest BCUT2D eigenvalue weighted by Gasteiger charge is -2.32. The zero-order valence-electron chi connectivity index (χ0n) is 16.3. The van der Waals surface area contributed by atoms with Crippen LogP contribution in [0.4, 0.5) is 5.69 Å². The number of nitrogens with zero attached hydrogens (tertiary/aromatic N) is 5. The molecule has 1 aromatic carbocycles. The summed E-state index contributed by atoms with van der Waals surface area (Å²) < 4.78 is 1.42. The monoisotopic (exact) mass is 396 g/mol. The zero-order chi connectivity index (χ0) is 20.4. The van der Waals surface area contributed by atoms with E-state index in [4.69, 9.17) is 0 Å². The Bertz CT molecular complexity index is 887. The van der Waals surface area contributed by atoms with Gasteiger partial charge in [-0.1, -0.05) is 17.7 Å². The van der Waals surface area contributed by atoms with E-state index < -0.39 is 0 Å². The summed E-state index contributed by atoms with van der Waals surface area (Å²) >= 11 is 0. The molecule has 3 amide bonds. The molecule has 2 aliphatic heterocycles. The predicted octanol–water partition coefficient (Wildman–Crippen LogP) is 0.948. The van der Waals surface area contributed by atoms with Crippen LogP contribution in [0.1, 0.15) is 24.8 Å². The summed E-state index contributed by atoms with van der Waals surface area (Å²) in [5.41, 5.74) is 4.68. The summed E-state index contributed by atoms with van der Waals surface area (Å²) in [6.07, 6.45) is 4.28. The number of likely N-dealkylation sites (tertiary alicyclic amines) is 1. The van der Waals surface area contributed by atoms with Crippen LogP contribution in [-0.2, 0) is 14.4 Å². The molecule has 152 valence electrons. The van der Waals surface area contributed by atoms with Crippen LogP contribution in [0.3, 0.4) is 0 Å². The number of aryl methyl sites for hydroxylation is 1. The second-order valence-corrected chi connectivity index (χ2v) is 7.69. The first kappa shape index (κ1) is 19.1. The van der Waals surface area contributed by atoms with Crippen molar-refractivity contribution in [1.29, 1.82) is 0 Å². The Morgan fingerprint density at radius 3 is 2.34 bits per heavy atom. The Hall–Kier alpha value is -3.23. The number of aromatic nitrogens is 3. The number of anilines is 1. The second-order valence-electron chi connectivity index (χ2n) is 7.69. The minimum absolute atomic E-state index is 0.00521. The van der Waals surface area contributed by atoms with E-state index in [0.717, 1.165) is 11.3 Å². The van der Waals surface area contributed by atoms with Gasteiger partial charge in [-0.25, -0.2) is 4.68 Å². The van der Waals surface area contributed by atoms with E-state index in [1.807, 2.05) is 31.2 Å². The third-order valence-electron chi connectivity index (χ3n) is 5.66. The number of hydrogen-bond acceptors (Lipinski definition) is 5. The molecule has 0 radical (unpaired) electrons. The molecule has 2 aliphatic rings. The number of nitrogens with one attached hydrogen (secondary N) is 1. The van der Waals surface area contributed by atoms with Crippen LogP contribution < -0.4 is 10.3 Å². The van der Waals surface area contributed by atoms with Crippen molar-refractivity contribution in [3.8, 4) is 0 Å². The number of benzene rings is 1. The van der Waals surface area contributed by atoms with E-state index in [1.54, 1.807) is 9.80 Å². The highest BCUT2D eigenvalue weighted by atomic mass is 16.2. The third kappa shape index (κ3) is 4.13. The summed E-state index contributed by atoms with van der Waals surface area (Å²) in [7, 11) is 0. The maximum atomic E-state index is 12.9. The lowest BCUT2D eigenvalue weighted by atomic mass is 9.95. The minimum Gasteiger partial charge on any atom is -0.342 e. The Labute approximate surface area is 168 Å². The van der Waals surface area contributed by atoms with Crippen molar-refractivity contribution >= 4 is 23.4 Å². The quantitative estimate of drug-likeness (QED) is 0.829. The summed E-state index contributed by atoms with van der Waals surface area (Å²) in [4.78, 5) is 41.2. The molecule has 9 nitrogen and oxygen atoms in total. The van der Waals surface area contributed by atoms with E-state index in [-0.39, 0.29) is 36.0 Å². The highest BCUT2D eigenvalue weighted by Gasteiger charge is 2.38. The molecule has 0 unspecified atom stereocenters. The molecule has 2 aromatic rings. The molecule has 0 spiro atoms. The van der Waals surface area contributed by atoms with E-state index in [0.29, 0.717) is 32.5 Å². The topological polar surface area (TPSA) is 100 Å². The third-order valence-corrected chi connectivity index (χ3v) is 5.66. The van der Waals surface area contributed by atoms with Crippen molar-refractivity contribution in [2.45, 2.75) is 26.2 Å². The number of carbonyl (C=O) groups is 3. The molecule has 0 aliphatic carbocycles. The lowest BCUT2D eigenvalue weighted by Crippen LogP contribution is -2.45. The smallest absolute Gasteiger partial charge is 0.242 e. The largest absolute Gasteiger partial charge is 0.342 e. The molecule has 1 N–H and O–H groups in total. The first-order chi connectivity index (χ1) is 14.0. The number of carbonyl (C=O) groups excluding carboxylic acids is 3. The highest BCUT2D eigenvalue weighted by molar-refractivity contribution is 6.00. The van der Waals surface area contributed by atoms with Crippen LogP contribution in [-0.4, -0.2) is 57.1 Å². The molecule has 1 atom stereocenters. The number of piperidine rings is 1. The van der Waals surface area contributed by atoms with E-state index in [1.165, 1.54) is 17.3 Å². The zero-order valence-corrected chi connectivity index (χ0v) is 16.3. The summed E-state index contributed by atoms with van der Waals surface area (Å²) in [5, 5.41) is 7.30. The van der Waals surface area contributed by atoms with Gasteiger partial charge in [0.15, 0.2) is 0 Å². The average Bonchev–Trinajstić information content (AvgIpc) is 3.38. The molecule has 4 rings (SSSR count). The maximum Gasteiger partial charge on any atom is 0.242 e. The van der Waals surface area contributed by atoms with E-state index in [9.17, 15) is 14.4 Å². The minimum atomic E-state index is -0.328. The second kappa shape index (κ2) is 8.02. The van der Waals surface area contributed by atoms with Gasteiger partial charge in [0.25, 0.3) is 0 Å². The van der Waals surface area contributed by atoms with Gasteiger partial charge in [-0.05, 0) is 31.9 Å². The molecule has 1 aromatic heterocycles. The fraction of sp³-hybridized carbons (Fsp3) is 0.450. The average molecular weight is 396 g/mol. The number of amides is 3. The lowest BCUT2D eigenvalue weighted by molar-refractivity contribution is -0.138. The highest BCUT2D eigenvalue weighted by Crippen LogP contribution is 2.28. The molecular weight excluding hydrogens is 372 g/mol. The van der Waals surface area contributed by atoms with Gasteiger partial charge in [-0.3, -0.25) is 19.8 Å². The molecule has 9 heteroatoms. The normalized spacial score (nSPS) is 20.2. The van der Waals surface area contributed by atoms with Gasteiger partial charge in [0.1, 0.15) is 12.7 Å². The van der Waals surface area contributed by atoms with Crippen LogP contribution in [0.25, 0.3) is 0 Å². The molecule has 2 fully saturated rings. The molecule has 0 bridgehead atoms. The Morgan fingerprint density at radius 1 is 1.03 bits per heavy atom. The van der Waals surface area contributed by atoms with Gasteiger partial charge in [0, 0.05) is 37.7 Å². The number of rotatable bonds is 4. The van der Waals surface area contributed by atoms with Gasteiger partial charge < -0.3 is 9.80 Å². The predicted molar refractivity (Wildman–Crippen MR) is 105 cm³/mol. The number of hydrogen-bond donors (Lipinski definition) is 1. The fourth-order valence-electron chi connectivity index (χ4n) is 3.94. The van der Waals surface area contributed by atoms with Crippen molar-refractivity contribution in [2.24, 2.45) is 11.8 Å². The van der Waals surface area contributed by atoms with Crippen LogP contribution in [0.5, 0.6) is 0 Å². The molecule has 0 saturated carbocycles. The van der Waals surface area contributed by atoms with Crippen molar-refractivity contribution < 1.29 is 14.4 Å². The standard InChI is InChI=1S/C20H24N6O3/c1-14-2-4-17(5-3-14)26-11-16(10-18(26)27)20(29)24-8-6-15(7-9-24)19(28)23-25-12-21-22-13-25/h2-5,12-13,15-16H,6-11H2,1H3,(H,23,28)/t16-/m1/s1. The first-order valence-corrected chi connectivity index (χ1v) is 9.82. The molecule has 29 heavy (non-hydrogen) atoms. The SMILES string of the molecule is Cc1ccc(N2C[C@H](C(=O)N3CCC(C(=O)Nn4cnnc4)CC3)CC2=O)cc1. The Morgan fingerprint density at radius 2 is 1.69 bits per heavy atom. The van der Waals surface area contributed by atoms with E-state index >= 15 is 0 Å². The van der Waals surface area contributed by atoms with Crippen molar-refractivity contribution in [3.05, 3.63) is 42.5 Å². The van der Waals surface area contributed by atoms with E-state index in [2.05, 4.69) is 15.6 Å². The van der Waals surface area contributed by atoms with Gasteiger partial charge in [0.05, 0.1) is 5.92 Å². The molecule has 3 heterocycles. The van der Waals surface area contributed by atoms with Crippen LogP contribution >= 0.6 is 0 Å². The van der Waals surface area contributed by atoms with Gasteiger partial charge in [0.2, 0.25) is 17.7 Å². The summed E-state index contributed by atoms with van der Waals surface area (Å²) in [6, 6.07) is 7.76. The van der Waals surface area contributed by atoms with Crippen LogP contribution in [0.2, 0.25) is 0 Å². The molecular formula is C20H24N6O3. The summed E-state index contributed by atoms with van der Waals surface area (Å²) in [6.45, 7) is 3.45. The van der Waals surface area contributed by atoms with Crippen LogP contribution in [0, 0.1) is 18.8 Å². The Kier molecular flexibility index (Phi) is 5.28. The van der Waals surface area contributed by atoms with Gasteiger partial charge in [-0.2, -0.15) is 0 Å². The summed E-state index contributed by atoms with van der Waals surface area (Å²) in [5.74, 6) is -0.596.